The van der Waals surface area contributed by atoms with Crippen LogP contribution in [-0.2, 0) is 6.54 Å². The number of rotatable bonds is 4. The highest BCUT2D eigenvalue weighted by Gasteiger charge is 1.99. The average Bonchev–Trinajstić information content (AvgIpc) is 2.33. The summed E-state index contributed by atoms with van der Waals surface area (Å²) in [5.41, 5.74) is 1.18. The molecule has 2 aromatic rings. The minimum absolute atomic E-state index is 0.839. The molecule has 4 nitrogen and oxygen atoms in total. The minimum Gasteiger partial charge on any atom is -0.316 e. The average molecular weight is 232 g/mol. The van der Waals surface area contributed by atoms with Crippen LogP contribution >= 0.6 is 11.8 Å². The van der Waals surface area contributed by atoms with Gasteiger partial charge in [0.15, 0.2) is 0 Å². The van der Waals surface area contributed by atoms with E-state index < -0.39 is 0 Å². The third kappa shape index (κ3) is 3.01. The SMILES string of the molecule is CNCc1ccc(Sc2ccncn2)nc1. The minimum atomic E-state index is 0.839. The lowest BCUT2D eigenvalue weighted by molar-refractivity contribution is 0.809. The lowest BCUT2D eigenvalue weighted by atomic mass is 10.3. The van der Waals surface area contributed by atoms with Crippen molar-refractivity contribution in [2.45, 2.75) is 16.6 Å². The number of nitrogens with zero attached hydrogens (tertiary/aromatic N) is 3. The Bertz CT molecular complexity index is 429. The zero-order valence-electron chi connectivity index (χ0n) is 8.92. The first kappa shape index (κ1) is 11.0. The number of nitrogens with one attached hydrogen (secondary N) is 1. The summed E-state index contributed by atoms with van der Waals surface area (Å²) in [5.74, 6) is 0. The van der Waals surface area contributed by atoms with Crippen LogP contribution in [0.3, 0.4) is 0 Å². The smallest absolute Gasteiger partial charge is 0.116 e. The first-order valence-corrected chi connectivity index (χ1v) is 5.73. The van der Waals surface area contributed by atoms with Crippen molar-refractivity contribution in [2.75, 3.05) is 7.05 Å². The highest BCUT2D eigenvalue weighted by molar-refractivity contribution is 7.99. The summed E-state index contributed by atoms with van der Waals surface area (Å²) < 4.78 is 0. The first-order valence-electron chi connectivity index (χ1n) is 4.92. The summed E-state index contributed by atoms with van der Waals surface area (Å²) in [6, 6.07) is 5.93. The van der Waals surface area contributed by atoms with Crippen molar-refractivity contribution in [1.29, 1.82) is 0 Å². The molecule has 5 heteroatoms. The van der Waals surface area contributed by atoms with Gasteiger partial charge in [0.2, 0.25) is 0 Å². The van der Waals surface area contributed by atoms with Crippen LogP contribution in [0.5, 0.6) is 0 Å². The molecule has 0 atom stereocenters. The van der Waals surface area contributed by atoms with Gasteiger partial charge in [-0.1, -0.05) is 6.07 Å². The van der Waals surface area contributed by atoms with Gasteiger partial charge in [-0.2, -0.15) is 0 Å². The van der Waals surface area contributed by atoms with Crippen LogP contribution in [0.1, 0.15) is 5.56 Å². The van der Waals surface area contributed by atoms with Crippen LogP contribution in [0.15, 0.2) is 47.0 Å². The lowest BCUT2D eigenvalue weighted by Crippen LogP contribution is -2.05. The molecule has 2 heterocycles. The molecule has 82 valence electrons. The lowest BCUT2D eigenvalue weighted by Gasteiger charge is -2.01. The molecule has 0 bridgehead atoms. The summed E-state index contributed by atoms with van der Waals surface area (Å²) in [6.45, 7) is 0.839. The van der Waals surface area contributed by atoms with E-state index in [0.29, 0.717) is 0 Å². The van der Waals surface area contributed by atoms with Gasteiger partial charge in [0, 0.05) is 18.9 Å². The number of aromatic nitrogens is 3. The van der Waals surface area contributed by atoms with Gasteiger partial charge in [-0.25, -0.2) is 15.0 Å². The second kappa shape index (κ2) is 5.58. The van der Waals surface area contributed by atoms with Gasteiger partial charge in [0.1, 0.15) is 16.4 Å². The van der Waals surface area contributed by atoms with Crippen LogP contribution in [0.4, 0.5) is 0 Å². The Hall–Kier alpha value is -1.46. The van der Waals surface area contributed by atoms with Gasteiger partial charge < -0.3 is 5.32 Å². The standard InChI is InChI=1S/C11H12N4S/c1-12-6-9-2-3-10(14-7-9)16-11-4-5-13-8-15-11/h2-5,7-8,12H,6H2,1H3. The predicted molar refractivity (Wildman–Crippen MR) is 63.2 cm³/mol. The third-order valence-electron chi connectivity index (χ3n) is 1.94. The van der Waals surface area contributed by atoms with Crippen molar-refractivity contribution in [3.05, 3.63) is 42.5 Å². The van der Waals surface area contributed by atoms with Crippen molar-refractivity contribution >= 4 is 11.8 Å². The normalized spacial score (nSPS) is 10.3. The molecule has 0 fully saturated rings. The maximum atomic E-state index is 4.36. The molecule has 0 amide bonds. The van der Waals surface area contributed by atoms with E-state index in [4.69, 9.17) is 0 Å². The van der Waals surface area contributed by atoms with Crippen molar-refractivity contribution < 1.29 is 0 Å². The van der Waals surface area contributed by atoms with Crippen LogP contribution in [0.25, 0.3) is 0 Å². The molecule has 0 aliphatic heterocycles. The van der Waals surface area contributed by atoms with Crippen molar-refractivity contribution in [3.8, 4) is 0 Å². The molecule has 0 aliphatic rings. The molecular weight excluding hydrogens is 220 g/mol. The Morgan fingerprint density at radius 1 is 1.19 bits per heavy atom. The molecule has 2 aromatic heterocycles. The molecular formula is C11H12N4S. The Kier molecular flexibility index (Phi) is 3.85. The summed E-state index contributed by atoms with van der Waals surface area (Å²) in [4.78, 5) is 12.4. The third-order valence-corrected chi connectivity index (χ3v) is 2.84. The van der Waals surface area contributed by atoms with E-state index in [2.05, 4.69) is 26.3 Å². The fraction of sp³-hybridized carbons (Fsp3) is 0.182. The van der Waals surface area contributed by atoms with Gasteiger partial charge in [-0.3, -0.25) is 0 Å². The zero-order chi connectivity index (χ0) is 11.2. The quantitative estimate of drug-likeness (QED) is 0.814. The van der Waals surface area contributed by atoms with E-state index in [1.807, 2.05) is 25.4 Å². The second-order valence-electron chi connectivity index (χ2n) is 3.18. The van der Waals surface area contributed by atoms with E-state index in [1.54, 1.807) is 6.20 Å². The highest BCUT2D eigenvalue weighted by Crippen LogP contribution is 2.22. The van der Waals surface area contributed by atoms with Gasteiger partial charge >= 0.3 is 0 Å². The molecule has 0 aromatic carbocycles. The number of pyridine rings is 1. The summed E-state index contributed by atoms with van der Waals surface area (Å²) in [5, 5.41) is 4.94. The maximum Gasteiger partial charge on any atom is 0.116 e. The van der Waals surface area contributed by atoms with Crippen LogP contribution in [0.2, 0.25) is 0 Å². The Balaban J connectivity index is 2.05. The first-order chi connectivity index (χ1) is 7.88. The highest BCUT2D eigenvalue weighted by atomic mass is 32.2. The molecule has 1 N–H and O–H groups in total. The summed E-state index contributed by atoms with van der Waals surface area (Å²) >= 11 is 1.53. The van der Waals surface area contributed by atoms with E-state index in [0.717, 1.165) is 16.6 Å². The predicted octanol–water partition coefficient (Wildman–Crippen LogP) is 1.74. The van der Waals surface area contributed by atoms with E-state index >= 15 is 0 Å². The Labute approximate surface area is 98.6 Å². The van der Waals surface area contributed by atoms with E-state index in [9.17, 15) is 0 Å². The number of hydrogen-bond donors (Lipinski definition) is 1. The maximum absolute atomic E-state index is 4.36. The zero-order valence-corrected chi connectivity index (χ0v) is 9.74. The largest absolute Gasteiger partial charge is 0.316 e. The van der Waals surface area contributed by atoms with Crippen LogP contribution < -0.4 is 5.32 Å². The van der Waals surface area contributed by atoms with Crippen LogP contribution in [-0.4, -0.2) is 22.0 Å². The summed E-state index contributed by atoms with van der Waals surface area (Å²) in [6.07, 6.45) is 5.14. The van der Waals surface area contributed by atoms with Gasteiger partial charge in [-0.05, 0) is 36.5 Å². The monoisotopic (exact) mass is 232 g/mol. The molecule has 2 rings (SSSR count). The molecule has 0 saturated heterocycles. The Morgan fingerprint density at radius 2 is 2.06 bits per heavy atom. The molecule has 0 spiro atoms. The second-order valence-corrected chi connectivity index (χ2v) is 4.23. The van der Waals surface area contributed by atoms with E-state index in [1.165, 1.54) is 23.7 Å². The molecule has 0 saturated carbocycles. The van der Waals surface area contributed by atoms with Gasteiger partial charge in [-0.15, -0.1) is 0 Å². The van der Waals surface area contributed by atoms with Crippen molar-refractivity contribution in [3.63, 3.8) is 0 Å². The molecule has 0 radical (unpaired) electrons. The number of hydrogen-bond acceptors (Lipinski definition) is 5. The molecule has 0 unspecified atom stereocenters. The topological polar surface area (TPSA) is 50.7 Å². The summed E-state index contributed by atoms with van der Waals surface area (Å²) in [7, 11) is 1.92. The molecule has 0 aliphatic carbocycles. The van der Waals surface area contributed by atoms with E-state index in [-0.39, 0.29) is 0 Å². The van der Waals surface area contributed by atoms with Crippen molar-refractivity contribution in [1.82, 2.24) is 20.3 Å². The van der Waals surface area contributed by atoms with Crippen molar-refractivity contribution in [2.24, 2.45) is 0 Å². The fourth-order valence-electron chi connectivity index (χ4n) is 1.23. The Morgan fingerprint density at radius 3 is 2.69 bits per heavy atom. The van der Waals surface area contributed by atoms with Gasteiger partial charge in [0.05, 0.1) is 0 Å². The van der Waals surface area contributed by atoms with Crippen LogP contribution in [0, 0.1) is 0 Å². The van der Waals surface area contributed by atoms with Gasteiger partial charge in [0.25, 0.3) is 0 Å². The fourth-order valence-corrected chi connectivity index (χ4v) is 1.91. The molecule has 16 heavy (non-hydrogen) atoms.